The fourth-order valence-electron chi connectivity index (χ4n) is 1.64. The first-order valence-corrected chi connectivity index (χ1v) is 7.56. The zero-order valence-electron chi connectivity index (χ0n) is 11.5. The van der Waals surface area contributed by atoms with E-state index in [2.05, 4.69) is 11.9 Å². The number of nitrogens with zero attached hydrogens (tertiary/aromatic N) is 1. The van der Waals surface area contributed by atoms with E-state index in [0.29, 0.717) is 12.1 Å². The molecule has 1 atom stereocenters. The molecule has 20 heavy (non-hydrogen) atoms. The summed E-state index contributed by atoms with van der Waals surface area (Å²) in [5.41, 5.74) is 0.688. The SMILES string of the molecule is C=CCNC(=O)N(C)[C@H](C)c1cccc(S(N)(=O)=O)c1. The third kappa shape index (κ3) is 4.07. The number of nitrogens with two attached hydrogens (primary N) is 1. The van der Waals surface area contributed by atoms with Crippen LogP contribution in [0.15, 0.2) is 41.8 Å². The van der Waals surface area contributed by atoms with Gasteiger partial charge in [0.2, 0.25) is 10.0 Å². The largest absolute Gasteiger partial charge is 0.335 e. The fraction of sp³-hybridized carbons (Fsp3) is 0.308. The lowest BCUT2D eigenvalue weighted by molar-refractivity contribution is 0.195. The summed E-state index contributed by atoms with van der Waals surface area (Å²) in [6.45, 7) is 5.69. The molecule has 6 nitrogen and oxygen atoms in total. The van der Waals surface area contributed by atoms with E-state index in [0.717, 1.165) is 0 Å². The van der Waals surface area contributed by atoms with Gasteiger partial charge in [0.25, 0.3) is 0 Å². The highest BCUT2D eigenvalue weighted by atomic mass is 32.2. The Hall–Kier alpha value is -1.86. The number of sulfonamides is 1. The molecule has 0 spiro atoms. The van der Waals surface area contributed by atoms with Crippen molar-refractivity contribution < 1.29 is 13.2 Å². The number of urea groups is 1. The summed E-state index contributed by atoms with van der Waals surface area (Å²) in [5, 5.41) is 7.75. The molecule has 1 aromatic carbocycles. The van der Waals surface area contributed by atoms with Crippen molar-refractivity contribution >= 4 is 16.1 Å². The predicted molar refractivity (Wildman–Crippen MR) is 77.6 cm³/mol. The van der Waals surface area contributed by atoms with Gasteiger partial charge in [0.15, 0.2) is 0 Å². The van der Waals surface area contributed by atoms with Gasteiger partial charge in [-0.2, -0.15) is 0 Å². The minimum Gasteiger partial charge on any atom is -0.335 e. The van der Waals surface area contributed by atoms with Crippen LogP contribution in [0.1, 0.15) is 18.5 Å². The van der Waals surface area contributed by atoms with Gasteiger partial charge in [0, 0.05) is 13.6 Å². The summed E-state index contributed by atoms with van der Waals surface area (Å²) in [7, 11) is -2.12. The molecular weight excluding hydrogens is 278 g/mol. The topological polar surface area (TPSA) is 92.5 Å². The van der Waals surface area contributed by atoms with E-state index in [1.54, 1.807) is 32.2 Å². The molecule has 0 aliphatic rings. The highest BCUT2D eigenvalue weighted by molar-refractivity contribution is 7.89. The van der Waals surface area contributed by atoms with Crippen molar-refractivity contribution in [2.75, 3.05) is 13.6 Å². The molecule has 0 aliphatic carbocycles. The van der Waals surface area contributed by atoms with Crippen LogP contribution in [0.5, 0.6) is 0 Å². The minimum atomic E-state index is -3.75. The van der Waals surface area contributed by atoms with Gasteiger partial charge >= 0.3 is 6.03 Å². The third-order valence-electron chi connectivity index (χ3n) is 2.97. The van der Waals surface area contributed by atoms with Gasteiger partial charge in [-0.3, -0.25) is 0 Å². The molecule has 0 saturated heterocycles. The fourth-order valence-corrected chi connectivity index (χ4v) is 2.20. The summed E-state index contributed by atoms with van der Waals surface area (Å²) in [5.74, 6) is 0. The molecule has 2 amide bonds. The van der Waals surface area contributed by atoms with E-state index in [1.807, 2.05) is 0 Å². The number of rotatable bonds is 5. The average molecular weight is 297 g/mol. The maximum absolute atomic E-state index is 11.8. The van der Waals surface area contributed by atoms with E-state index >= 15 is 0 Å². The Bertz CT molecular complexity index is 599. The average Bonchev–Trinajstić information content (AvgIpc) is 2.42. The Kier molecular flexibility index (Phi) is 5.29. The predicted octanol–water partition coefficient (Wildman–Crippen LogP) is 1.22. The van der Waals surface area contributed by atoms with Crippen molar-refractivity contribution in [3.63, 3.8) is 0 Å². The smallest absolute Gasteiger partial charge is 0.317 e. The number of hydrogen-bond acceptors (Lipinski definition) is 3. The Labute approximate surface area is 119 Å². The van der Waals surface area contributed by atoms with Crippen LogP contribution in [0.2, 0.25) is 0 Å². The Morgan fingerprint density at radius 2 is 2.20 bits per heavy atom. The van der Waals surface area contributed by atoms with Crippen LogP contribution in [-0.4, -0.2) is 32.9 Å². The molecular formula is C13H19N3O3S. The van der Waals surface area contributed by atoms with E-state index in [9.17, 15) is 13.2 Å². The summed E-state index contributed by atoms with van der Waals surface area (Å²) in [6, 6.07) is 5.68. The van der Waals surface area contributed by atoms with E-state index in [1.165, 1.54) is 17.0 Å². The van der Waals surface area contributed by atoms with Crippen molar-refractivity contribution in [2.45, 2.75) is 17.9 Å². The number of hydrogen-bond donors (Lipinski definition) is 2. The first kappa shape index (κ1) is 16.2. The molecule has 110 valence electrons. The van der Waals surface area contributed by atoms with Crippen molar-refractivity contribution in [1.82, 2.24) is 10.2 Å². The first-order valence-electron chi connectivity index (χ1n) is 6.01. The quantitative estimate of drug-likeness (QED) is 0.800. The molecule has 0 unspecified atom stereocenters. The lowest BCUT2D eigenvalue weighted by Crippen LogP contribution is -2.38. The Balaban J connectivity index is 2.94. The van der Waals surface area contributed by atoms with Crippen LogP contribution in [0.3, 0.4) is 0 Å². The summed E-state index contributed by atoms with van der Waals surface area (Å²) >= 11 is 0. The highest BCUT2D eigenvalue weighted by Gasteiger charge is 2.18. The number of carbonyl (C=O) groups is 1. The molecule has 0 aliphatic heterocycles. The molecule has 1 rings (SSSR count). The maximum Gasteiger partial charge on any atom is 0.317 e. The zero-order valence-corrected chi connectivity index (χ0v) is 12.4. The van der Waals surface area contributed by atoms with Crippen LogP contribution in [-0.2, 0) is 10.0 Å². The second-order valence-corrected chi connectivity index (χ2v) is 5.94. The molecule has 0 radical (unpaired) electrons. The van der Waals surface area contributed by atoms with Gasteiger partial charge in [-0.1, -0.05) is 18.2 Å². The maximum atomic E-state index is 11.8. The molecule has 0 aromatic heterocycles. The van der Waals surface area contributed by atoms with Crippen molar-refractivity contribution in [3.05, 3.63) is 42.5 Å². The van der Waals surface area contributed by atoms with Crippen LogP contribution >= 0.6 is 0 Å². The Morgan fingerprint density at radius 1 is 1.55 bits per heavy atom. The molecule has 0 heterocycles. The molecule has 1 aromatic rings. The highest BCUT2D eigenvalue weighted by Crippen LogP contribution is 2.21. The first-order chi connectivity index (χ1) is 9.27. The van der Waals surface area contributed by atoms with Gasteiger partial charge in [0.05, 0.1) is 10.9 Å². The summed E-state index contributed by atoms with van der Waals surface area (Å²) < 4.78 is 22.7. The molecule has 0 fully saturated rings. The van der Waals surface area contributed by atoms with E-state index in [-0.39, 0.29) is 17.0 Å². The number of carbonyl (C=O) groups excluding carboxylic acids is 1. The number of primary sulfonamides is 1. The number of amides is 2. The molecule has 0 bridgehead atoms. The summed E-state index contributed by atoms with van der Waals surface area (Å²) in [6.07, 6.45) is 1.58. The zero-order chi connectivity index (χ0) is 15.3. The van der Waals surface area contributed by atoms with Crippen molar-refractivity contribution in [2.24, 2.45) is 5.14 Å². The van der Waals surface area contributed by atoms with Gasteiger partial charge in [-0.15, -0.1) is 6.58 Å². The van der Waals surface area contributed by atoms with Gasteiger partial charge in [0.1, 0.15) is 0 Å². The van der Waals surface area contributed by atoms with Gasteiger partial charge in [-0.05, 0) is 24.6 Å². The monoisotopic (exact) mass is 297 g/mol. The third-order valence-corrected chi connectivity index (χ3v) is 3.88. The normalized spacial score (nSPS) is 12.6. The van der Waals surface area contributed by atoms with Crippen molar-refractivity contribution in [3.8, 4) is 0 Å². The standard InChI is InChI=1S/C13H19N3O3S/c1-4-8-15-13(17)16(3)10(2)11-6-5-7-12(9-11)20(14,18)19/h4-7,9-10H,1,8H2,2-3H3,(H,15,17)(H2,14,18,19)/t10-/m1/s1. The second-order valence-electron chi connectivity index (χ2n) is 4.38. The lowest BCUT2D eigenvalue weighted by Gasteiger charge is -2.25. The molecule has 7 heteroatoms. The minimum absolute atomic E-state index is 0.0294. The van der Waals surface area contributed by atoms with Gasteiger partial charge < -0.3 is 10.2 Å². The number of benzene rings is 1. The van der Waals surface area contributed by atoms with E-state index in [4.69, 9.17) is 5.14 Å². The van der Waals surface area contributed by atoms with Gasteiger partial charge in [-0.25, -0.2) is 18.4 Å². The number of nitrogens with one attached hydrogen (secondary N) is 1. The lowest BCUT2D eigenvalue weighted by atomic mass is 10.1. The van der Waals surface area contributed by atoms with Crippen LogP contribution < -0.4 is 10.5 Å². The van der Waals surface area contributed by atoms with Crippen LogP contribution in [0.4, 0.5) is 4.79 Å². The van der Waals surface area contributed by atoms with Crippen molar-refractivity contribution in [1.29, 1.82) is 0 Å². The van der Waals surface area contributed by atoms with Crippen LogP contribution in [0, 0.1) is 0 Å². The molecule has 0 saturated carbocycles. The van der Waals surface area contributed by atoms with E-state index < -0.39 is 10.0 Å². The molecule has 3 N–H and O–H groups in total. The van der Waals surface area contributed by atoms with Crippen LogP contribution in [0.25, 0.3) is 0 Å². The Morgan fingerprint density at radius 3 is 2.75 bits per heavy atom. The second kappa shape index (κ2) is 6.53. The summed E-state index contributed by atoms with van der Waals surface area (Å²) in [4.78, 5) is 13.3.